The molecule has 178 valence electrons. The number of nitrogens with one attached hydrogen (secondary N) is 1. The van der Waals surface area contributed by atoms with Gasteiger partial charge in [0, 0.05) is 0 Å². The van der Waals surface area contributed by atoms with Crippen molar-refractivity contribution in [2.75, 3.05) is 7.11 Å². The molecule has 1 fully saturated rings. The molecule has 2 aromatic carbocycles. The van der Waals surface area contributed by atoms with Crippen molar-refractivity contribution in [1.29, 1.82) is 0 Å². The minimum atomic E-state index is -1.08. The summed E-state index contributed by atoms with van der Waals surface area (Å²) in [7, 11) is 1.45. The molecule has 0 radical (unpaired) electrons. The molecule has 1 amide bonds. The van der Waals surface area contributed by atoms with Gasteiger partial charge >= 0.3 is 5.97 Å². The molecular formula is C25H26FN3O5. The van der Waals surface area contributed by atoms with Crippen LogP contribution in [0.15, 0.2) is 48.5 Å². The lowest BCUT2D eigenvalue weighted by molar-refractivity contribution is -0.141. The molecule has 9 heteroatoms. The average molecular weight is 467 g/mol. The average Bonchev–Trinajstić information content (AvgIpc) is 3.28. The molecule has 0 saturated heterocycles. The van der Waals surface area contributed by atoms with Crippen LogP contribution in [0.3, 0.4) is 0 Å². The highest BCUT2D eigenvalue weighted by molar-refractivity contribution is 5.96. The first-order valence-electron chi connectivity index (χ1n) is 11.1. The van der Waals surface area contributed by atoms with Gasteiger partial charge in [-0.05, 0) is 61.2 Å². The highest BCUT2D eigenvalue weighted by atomic mass is 19.1. The van der Waals surface area contributed by atoms with Gasteiger partial charge in [0.15, 0.2) is 5.69 Å². The van der Waals surface area contributed by atoms with Gasteiger partial charge in [-0.3, -0.25) is 4.79 Å². The molecule has 3 N–H and O–H groups in total. The van der Waals surface area contributed by atoms with Gasteiger partial charge < -0.3 is 20.3 Å². The topological polar surface area (TPSA) is 114 Å². The number of hydrogen-bond acceptors (Lipinski definition) is 5. The maximum Gasteiger partial charge on any atom is 0.326 e. The number of ether oxygens (including phenoxy) is 1. The fraction of sp³-hybridized carbons (Fsp3) is 0.320. The molecule has 8 nitrogen and oxygen atoms in total. The summed E-state index contributed by atoms with van der Waals surface area (Å²) in [4.78, 5) is 25.0. The third-order valence-electron chi connectivity index (χ3n) is 6.17. The minimum Gasteiger partial charge on any atom is -0.507 e. The van der Waals surface area contributed by atoms with Crippen molar-refractivity contribution in [1.82, 2.24) is 15.1 Å². The van der Waals surface area contributed by atoms with E-state index in [1.807, 2.05) is 0 Å². The van der Waals surface area contributed by atoms with Crippen LogP contribution in [0.25, 0.3) is 16.9 Å². The molecule has 0 spiro atoms. The Hall–Kier alpha value is -3.88. The molecular weight excluding hydrogens is 441 g/mol. The van der Waals surface area contributed by atoms with Gasteiger partial charge in [0.05, 0.1) is 24.1 Å². The van der Waals surface area contributed by atoms with Crippen LogP contribution in [0, 0.1) is 11.7 Å². The van der Waals surface area contributed by atoms with Crippen molar-refractivity contribution in [3.05, 3.63) is 60.0 Å². The third-order valence-corrected chi connectivity index (χ3v) is 6.17. The Balaban J connectivity index is 1.75. The predicted molar refractivity (Wildman–Crippen MR) is 123 cm³/mol. The molecule has 1 atom stereocenters. The number of carbonyl (C=O) groups excluding carboxylic acids is 1. The van der Waals surface area contributed by atoms with Crippen molar-refractivity contribution in [2.45, 2.75) is 38.1 Å². The molecule has 1 aromatic heterocycles. The lowest BCUT2D eigenvalue weighted by atomic mass is 9.84. The zero-order valence-corrected chi connectivity index (χ0v) is 18.7. The predicted octanol–water partition coefficient (Wildman–Crippen LogP) is 4.16. The number of phenolic OH excluding ortho intramolecular Hbond substituents is 1. The second-order valence-corrected chi connectivity index (χ2v) is 8.34. The highest BCUT2D eigenvalue weighted by Gasteiger charge is 2.32. The van der Waals surface area contributed by atoms with Crippen molar-refractivity contribution < 1.29 is 28.9 Å². The summed E-state index contributed by atoms with van der Waals surface area (Å²) in [5, 5.41) is 27.3. The summed E-state index contributed by atoms with van der Waals surface area (Å²) in [5.41, 5.74) is 1.04. The maximum atomic E-state index is 13.5. The second-order valence-electron chi connectivity index (χ2n) is 8.34. The number of nitrogens with zero attached hydrogens (tertiary/aromatic N) is 2. The van der Waals surface area contributed by atoms with Crippen LogP contribution in [0.2, 0.25) is 0 Å². The van der Waals surface area contributed by atoms with Gasteiger partial charge in [-0.1, -0.05) is 25.3 Å². The summed E-state index contributed by atoms with van der Waals surface area (Å²) in [6, 6.07) is 10.7. The first-order valence-corrected chi connectivity index (χ1v) is 11.1. The van der Waals surface area contributed by atoms with E-state index < -0.39 is 23.7 Å². The SMILES string of the molecule is COc1cccc(O)c1-c1cc(C(=O)N[C@H](C(=O)O)C2CCCCC2)nn1-c1ccc(F)cc1. The van der Waals surface area contributed by atoms with Crippen LogP contribution in [0.5, 0.6) is 11.5 Å². The fourth-order valence-electron chi connectivity index (χ4n) is 4.46. The van der Waals surface area contributed by atoms with E-state index in [1.165, 1.54) is 48.2 Å². The zero-order chi connectivity index (χ0) is 24.2. The highest BCUT2D eigenvalue weighted by Crippen LogP contribution is 2.39. The van der Waals surface area contributed by atoms with Gasteiger partial charge in [0.2, 0.25) is 0 Å². The quantitative estimate of drug-likeness (QED) is 0.481. The number of halogens is 1. The number of benzene rings is 2. The van der Waals surface area contributed by atoms with Gasteiger partial charge in [0.1, 0.15) is 23.4 Å². The van der Waals surface area contributed by atoms with Gasteiger partial charge in [-0.15, -0.1) is 0 Å². The molecule has 1 heterocycles. The molecule has 1 aliphatic carbocycles. The molecule has 0 bridgehead atoms. The monoisotopic (exact) mass is 467 g/mol. The Labute approximate surface area is 196 Å². The number of carboxylic acid groups (broad SMARTS) is 1. The number of carbonyl (C=O) groups is 2. The Bertz CT molecular complexity index is 1190. The maximum absolute atomic E-state index is 13.5. The standard InChI is InChI=1S/C25H26FN3O5/c1-34-21-9-5-8-20(30)22(21)19-14-18(28-29(19)17-12-10-16(26)11-13-17)24(31)27-23(25(32)33)15-6-3-2-4-7-15/h5,8-15,23,30H,2-4,6-7H2,1H3,(H,27,31)(H,32,33)/t23-/m0/s1. The van der Waals surface area contributed by atoms with E-state index in [1.54, 1.807) is 12.1 Å². The Morgan fingerprint density at radius 2 is 1.85 bits per heavy atom. The lowest BCUT2D eigenvalue weighted by Gasteiger charge is -2.27. The molecule has 1 aliphatic rings. The van der Waals surface area contributed by atoms with Crippen LogP contribution in [-0.2, 0) is 4.79 Å². The number of aromatic hydroxyl groups is 1. The number of carboxylic acids is 1. The van der Waals surface area contributed by atoms with Crippen molar-refractivity contribution >= 4 is 11.9 Å². The van der Waals surface area contributed by atoms with Crippen LogP contribution in [0.4, 0.5) is 4.39 Å². The van der Waals surface area contributed by atoms with E-state index >= 15 is 0 Å². The fourth-order valence-corrected chi connectivity index (χ4v) is 4.46. The van der Waals surface area contributed by atoms with E-state index in [4.69, 9.17) is 4.74 Å². The van der Waals surface area contributed by atoms with E-state index in [0.29, 0.717) is 22.7 Å². The van der Waals surface area contributed by atoms with Gasteiger partial charge in [0.25, 0.3) is 5.91 Å². The summed E-state index contributed by atoms with van der Waals surface area (Å²) < 4.78 is 20.3. The molecule has 0 unspecified atom stereocenters. The number of aliphatic carboxylic acids is 1. The van der Waals surface area contributed by atoms with E-state index in [-0.39, 0.29) is 17.4 Å². The first-order chi connectivity index (χ1) is 16.4. The molecule has 1 saturated carbocycles. The zero-order valence-electron chi connectivity index (χ0n) is 18.7. The molecule has 0 aliphatic heterocycles. The normalized spacial score (nSPS) is 15.0. The molecule has 4 rings (SSSR count). The van der Waals surface area contributed by atoms with Crippen LogP contribution >= 0.6 is 0 Å². The summed E-state index contributed by atoms with van der Waals surface area (Å²) in [6.45, 7) is 0. The van der Waals surface area contributed by atoms with Crippen molar-refractivity contribution in [2.24, 2.45) is 5.92 Å². The van der Waals surface area contributed by atoms with Crippen molar-refractivity contribution in [3.8, 4) is 28.4 Å². The third kappa shape index (κ3) is 4.73. The number of aromatic nitrogens is 2. The summed E-state index contributed by atoms with van der Waals surface area (Å²) in [6.07, 6.45) is 4.40. The van der Waals surface area contributed by atoms with Gasteiger partial charge in [-0.25, -0.2) is 13.9 Å². The summed E-state index contributed by atoms with van der Waals surface area (Å²) in [5.74, 6) is -2.06. The number of amides is 1. The Morgan fingerprint density at radius 1 is 1.15 bits per heavy atom. The number of hydrogen-bond donors (Lipinski definition) is 3. The van der Waals surface area contributed by atoms with Crippen LogP contribution in [-0.4, -0.2) is 45.0 Å². The van der Waals surface area contributed by atoms with E-state index in [0.717, 1.165) is 32.1 Å². The Morgan fingerprint density at radius 3 is 2.50 bits per heavy atom. The molecule has 34 heavy (non-hydrogen) atoms. The van der Waals surface area contributed by atoms with Crippen LogP contribution < -0.4 is 10.1 Å². The van der Waals surface area contributed by atoms with E-state index in [9.17, 15) is 24.2 Å². The van der Waals surface area contributed by atoms with Gasteiger partial charge in [-0.2, -0.15) is 5.10 Å². The lowest BCUT2D eigenvalue weighted by Crippen LogP contribution is -2.46. The first kappa shape index (κ1) is 23.3. The van der Waals surface area contributed by atoms with Crippen molar-refractivity contribution in [3.63, 3.8) is 0 Å². The van der Waals surface area contributed by atoms with Crippen LogP contribution in [0.1, 0.15) is 42.6 Å². The largest absolute Gasteiger partial charge is 0.507 e. The minimum absolute atomic E-state index is 0.0355. The smallest absolute Gasteiger partial charge is 0.326 e. The Kier molecular flexibility index (Phi) is 6.81. The summed E-state index contributed by atoms with van der Waals surface area (Å²) >= 11 is 0. The number of phenols is 1. The number of rotatable bonds is 7. The number of methoxy groups -OCH3 is 1. The molecule has 3 aromatic rings. The van der Waals surface area contributed by atoms with E-state index in [2.05, 4.69) is 10.4 Å². The second kappa shape index (κ2) is 9.94.